The molecule has 10 heteroatoms. The monoisotopic (exact) mass is 417 g/mol. The zero-order valence-corrected chi connectivity index (χ0v) is 16.6. The Balaban J connectivity index is 1.62. The van der Waals surface area contributed by atoms with Crippen LogP contribution in [0.4, 0.5) is 6.01 Å². The normalized spacial score (nSPS) is 11.1. The van der Waals surface area contributed by atoms with Crippen LogP contribution < -0.4 is 14.8 Å². The van der Waals surface area contributed by atoms with Crippen LogP contribution in [-0.4, -0.2) is 44.0 Å². The molecule has 3 aromatic rings. The van der Waals surface area contributed by atoms with Gasteiger partial charge < -0.3 is 13.9 Å². The van der Waals surface area contributed by atoms with Crippen LogP contribution in [0.2, 0.25) is 0 Å². The van der Waals surface area contributed by atoms with E-state index in [1.165, 1.54) is 19.2 Å². The number of amides is 1. The van der Waals surface area contributed by atoms with E-state index >= 15 is 0 Å². The zero-order valence-electron chi connectivity index (χ0n) is 15.8. The largest absolute Gasteiger partial charge is 0.493 e. The van der Waals surface area contributed by atoms with E-state index in [0.29, 0.717) is 17.1 Å². The highest BCUT2D eigenvalue weighted by Crippen LogP contribution is 2.26. The lowest BCUT2D eigenvalue weighted by molar-refractivity contribution is -0.118. The van der Waals surface area contributed by atoms with Crippen LogP contribution in [-0.2, 0) is 14.6 Å². The maximum atomic E-state index is 12.0. The molecule has 0 bridgehead atoms. The van der Waals surface area contributed by atoms with Crippen molar-refractivity contribution in [1.82, 2.24) is 10.2 Å². The van der Waals surface area contributed by atoms with Crippen LogP contribution in [0.3, 0.4) is 0 Å². The Bertz CT molecular complexity index is 1090. The standard InChI is InChI=1S/C19H19N3O6S/c1-3-29(24,25)14-10-8-13(9-11-14)18-21-22-19(28-18)20-17(23)12-27-16-7-5-4-6-15(16)26-2/h4-11H,3,12H2,1-2H3,(H,20,22,23). The lowest BCUT2D eigenvalue weighted by Gasteiger charge is -2.09. The van der Waals surface area contributed by atoms with E-state index < -0.39 is 15.7 Å². The number of para-hydroxylation sites is 2. The number of nitrogens with one attached hydrogen (secondary N) is 1. The number of anilines is 1. The summed E-state index contributed by atoms with van der Waals surface area (Å²) in [7, 11) is -1.78. The molecule has 1 amide bonds. The summed E-state index contributed by atoms with van der Waals surface area (Å²) in [5.74, 6) is 0.606. The van der Waals surface area contributed by atoms with E-state index in [9.17, 15) is 13.2 Å². The number of nitrogens with zero attached hydrogens (tertiary/aromatic N) is 2. The van der Waals surface area contributed by atoms with E-state index in [-0.39, 0.29) is 29.2 Å². The lowest BCUT2D eigenvalue weighted by atomic mass is 10.2. The second-order valence-electron chi connectivity index (χ2n) is 5.83. The van der Waals surface area contributed by atoms with Crippen molar-refractivity contribution in [3.05, 3.63) is 48.5 Å². The van der Waals surface area contributed by atoms with Gasteiger partial charge in [-0.1, -0.05) is 24.2 Å². The van der Waals surface area contributed by atoms with Gasteiger partial charge in [-0.15, -0.1) is 5.10 Å². The summed E-state index contributed by atoms with van der Waals surface area (Å²) in [4.78, 5) is 12.3. The third-order valence-corrected chi connectivity index (χ3v) is 5.69. The molecule has 0 radical (unpaired) electrons. The van der Waals surface area contributed by atoms with Gasteiger partial charge in [0, 0.05) is 5.56 Å². The molecule has 152 valence electrons. The van der Waals surface area contributed by atoms with Crippen molar-refractivity contribution < 1.29 is 27.1 Å². The maximum Gasteiger partial charge on any atom is 0.322 e. The molecular weight excluding hydrogens is 398 g/mol. The predicted molar refractivity (Wildman–Crippen MR) is 105 cm³/mol. The average molecular weight is 417 g/mol. The number of hydrogen-bond donors (Lipinski definition) is 1. The second-order valence-corrected chi connectivity index (χ2v) is 8.11. The molecule has 3 rings (SSSR count). The van der Waals surface area contributed by atoms with Gasteiger partial charge in [0.2, 0.25) is 5.89 Å². The SMILES string of the molecule is CCS(=O)(=O)c1ccc(-c2nnc(NC(=O)COc3ccccc3OC)o2)cc1. The minimum atomic E-state index is -3.29. The highest BCUT2D eigenvalue weighted by atomic mass is 32.2. The molecule has 0 aliphatic carbocycles. The fraction of sp³-hybridized carbons (Fsp3) is 0.211. The summed E-state index contributed by atoms with van der Waals surface area (Å²) in [6.07, 6.45) is 0. The molecule has 0 aliphatic heterocycles. The third-order valence-electron chi connectivity index (χ3n) is 3.94. The van der Waals surface area contributed by atoms with Crippen LogP contribution in [0.25, 0.3) is 11.5 Å². The molecule has 0 unspecified atom stereocenters. The van der Waals surface area contributed by atoms with Crippen molar-refractivity contribution in [3.63, 3.8) is 0 Å². The topological polar surface area (TPSA) is 121 Å². The molecule has 1 aromatic heterocycles. The molecule has 1 heterocycles. The molecule has 1 N–H and O–H groups in total. The van der Waals surface area contributed by atoms with Gasteiger partial charge in [-0.2, -0.15) is 0 Å². The Morgan fingerprint density at radius 1 is 1.07 bits per heavy atom. The molecule has 0 saturated carbocycles. The molecule has 0 saturated heterocycles. The minimum absolute atomic E-state index is 0.0139. The van der Waals surface area contributed by atoms with Crippen molar-refractivity contribution in [2.75, 3.05) is 24.8 Å². The smallest absolute Gasteiger partial charge is 0.322 e. The van der Waals surface area contributed by atoms with E-state index in [1.54, 1.807) is 43.3 Å². The summed E-state index contributed by atoms with van der Waals surface area (Å²) in [5, 5.41) is 10.1. The molecule has 29 heavy (non-hydrogen) atoms. The van der Waals surface area contributed by atoms with Crippen LogP contribution in [0.15, 0.2) is 57.8 Å². The van der Waals surface area contributed by atoms with Gasteiger partial charge in [-0.3, -0.25) is 10.1 Å². The van der Waals surface area contributed by atoms with Gasteiger partial charge in [-0.25, -0.2) is 8.42 Å². The molecular formula is C19H19N3O6S. The van der Waals surface area contributed by atoms with Gasteiger partial charge in [0.1, 0.15) is 0 Å². The van der Waals surface area contributed by atoms with Gasteiger partial charge in [-0.05, 0) is 36.4 Å². The van der Waals surface area contributed by atoms with Crippen molar-refractivity contribution in [2.45, 2.75) is 11.8 Å². The van der Waals surface area contributed by atoms with Crippen molar-refractivity contribution in [3.8, 4) is 23.0 Å². The van der Waals surface area contributed by atoms with Crippen LogP contribution >= 0.6 is 0 Å². The van der Waals surface area contributed by atoms with Crippen LogP contribution in [0, 0.1) is 0 Å². The van der Waals surface area contributed by atoms with E-state index in [4.69, 9.17) is 13.9 Å². The van der Waals surface area contributed by atoms with Gasteiger partial charge in [0.05, 0.1) is 17.8 Å². The fourth-order valence-corrected chi connectivity index (χ4v) is 3.28. The van der Waals surface area contributed by atoms with Crippen LogP contribution in [0.5, 0.6) is 11.5 Å². The predicted octanol–water partition coefficient (Wildman–Crippen LogP) is 2.56. The average Bonchev–Trinajstić information content (AvgIpc) is 3.21. The summed E-state index contributed by atoms with van der Waals surface area (Å²) in [5.41, 5.74) is 0.526. The number of aromatic nitrogens is 2. The number of carbonyl (C=O) groups excluding carboxylic acids is 1. The van der Waals surface area contributed by atoms with E-state index in [0.717, 1.165) is 0 Å². The number of rotatable bonds is 8. The van der Waals surface area contributed by atoms with Crippen LogP contribution in [0.1, 0.15) is 6.92 Å². The van der Waals surface area contributed by atoms with E-state index in [1.807, 2.05) is 0 Å². The number of carbonyl (C=O) groups is 1. The molecule has 0 atom stereocenters. The zero-order chi connectivity index (χ0) is 20.9. The van der Waals surface area contributed by atoms with Crippen molar-refractivity contribution in [2.24, 2.45) is 0 Å². The molecule has 0 aliphatic rings. The second kappa shape index (κ2) is 8.74. The Kier molecular flexibility index (Phi) is 6.13. The van der Waals surface area contributed by atoms with Gasteiger partial charge >= 0.3 is 6.01 Å². The Morgan fingerprint density at radius 3 is 2.41 bits per heavy atom. The number of methoxy groups -OCH3 is 1. The quantitative estimate of drug-likeness (QED) is 0.594. The Labute approximate surface area is 167 Å². The molecule has 9 nitrogen and oxygen atoms in total. The third kappa shape index (κ3) is 4.91. The van der Waals surface area contributed by atoms with Crippen molar-refractivity contribution >= 4 is 21.8 Å². The lowest BCUT2D eigenvalue weighted by Crippen LogP contribution is -2.20. The number of hydrogen-bond acceptors (Lipinski definition) is 8. The first kappa shape index (κ1) is 20.3. The van der Waals surface area contributed by atoms with E-state index in [2.05, 4.69) is 15.5 Å². The molecule has 2 aromatic carbocycles. The number of benzene rings is 2. The fourth-order valence-electron chi connectivity index (χ4n) is 2.40. The van der Waals surface area contributed by atoms with Gasteiger partial charge in [0.15, 0.2) is 27.9 Å². The summed E-state index contributed by atoms with van der Waals surface area (Å²) in [6.45, 7) is 1.30. The minimum Gasteiger partial charge on any atom is -0.493 e. The highest BCUT2D eigenvalue weighted by Gasteiger charge is 2.15. The number of ether oxygens (including phenoxy) is 2. The Morgan fingerprint density at radius 2 is 1.76 bits per heavy atom. The molecule has 0 spiro atoms. The highest BCUT2D eigenvalue weighted by molar-refractivity contribution is 7.91. The van der Waals surface area contributed by atoms with Gasteiger partial charge in [0.25, 0.3) is 5.91 Å². The summed E-state index contributed by atoms with van der Waals surface area (Å²) in [6, 6.07) is 12.9. The Hall–Kier alpha value is -3.40. The first-order valence-electron chi connectivity index (χ1n) is 8.65. The first-order valence-corrected chi connectivity index (χ1v) is 10.3. The van der Waals surface area contributed by atoms with Crippen molar-refractivity contribution in [1.29, 1.82) is 0 Å². The maximum absolute atomic E-state index is 12.0. The molecule has 0 fully saturated rings. The first-order chi connectivity index (χ1) is 13.9. The summed E-state index contributed by atoms with van der Waals surface area (Å²) >= 11 is 0. The summed E-state index contributed by atoms with van der Waals surface area (Å²) < 4.78 is 39.7. The number of sulfone groups is 1.